The predicted octanol–water partition coefficient (Wildman–Crippen LogP) is 3.33. The SMILES string of the molecule is CC1=NOC(NC(=O)c2ccc(Oc3ccccc3)cc2)C1. The Morgan fingerprint density at radius 1 is 1.14 bits per heavy atom. The smallest absolute Gasteiger partial charge is 0.254 e. The number of para-hydroxylation sites is 1. The van der Waals surface area contributed by atoms with Gasteiger partial charge in [-0.25, -0.2) is 0 Å². The monoisotopic (exact) mass is 296 g/mol. The first-order chi connectivity index (χ1) is 10.7. The summed E-state index contributed by atoms with van der Waals surface area (Å²) >= 11 is 0. The first kappa shape index (κ1) is 14.1. The van der Waals surface area contributed by atoms with E-state index in [1.807, 2.05) is 37.3 Å². The molecular weight excluding hydrogens is 280 g/mol. The zero-order chi connectivity index (χ0) is 15.4. The van der Waals surface area contributed by atoms with E-state index in [0.29, 0.717) is 17.7 Å². The second-order valence-corrected chi connectivity index (χ2v) is 5.04. The van der Waals surface area contributed by atoms with Crippen molar-refractivity contribution in [3.63, 3.8) is 0 Å². The summed E-state index contributed by atoms with van der Waals surface area (Å²) in [5.41, 5.74) is 1.42. The number of carbonyl (C=O) groups is 1. The number of nitrogens with one attached hydrogen (secondary N) is 1. The molecule has 1 aliphatic heterocycles. The highest BCUT2D eigenvalue weighted by Crippen LogP contribution is 2.21. The van der Waals surface area contributed by atoms with Crippen LogP contribution in [-0.2, 0) is 4.84 Å². The van der Waals surface area contributed by atoms with Crippen LogP contribution in [0.1, 0.15) is 23.7 Å². The summed E-state index contributed by atoms with van der Waals surface area (Å²) in [6, 6.07) is 16.5. The minimum Gasteiger partial charge on any atom is -0.457 e. The third kappa shape index (κ3) is 3.44. The van der Waals surface area contributed by atoms with Crippen molar-refractivity contribution in [1.29, 1.82) is 0 Å². The van der Waals surface area contributed by atoms with E-state index in [1.54, 1.807) is 24.3 Å². The molecule has 1 heterocycles. The molecule has 2 aromatic carbocycles. The van der Waals surface area contributed by atoms with Gasteiger partial charge in [0.15, 0.2) is 0 Å². The number of amides is 1. The summed E-state index contributed by atoms with van der Waals surface area (Å²) in [6.45, 7) is 1.86. The van der Waals surface area contributed by atoms with Gasteiger partial charge in [0.05, 0.1) is 5.71 Å². The fourth-order valence-corrected chi connectivity index (χ4v) is 2.10. The molecule has 1 amide bonds. The molecular formula is C17H16N2O3. The van der Waals surface area contributed by atoms with Gasteiger partial charge in [0.2, 0.25) is 6.23 Å². The number of carbonyl (C=O) groups excluding carboxylic acids is 1. The maximum Gasteiger partial charge on any atom is 0.254 e. The molecule has 1 aliphatic rings. The molecule has 112 valence electrons. The summed E-state index contributed by atoms with van der Waals surface area (Å²) in [5, 5.41) is 6.59. The van der Waals surface area contributed by atoms with E-state index in [-0.39, 0.29) is 12.1 Å². The average Bonchev–Trinajstić information content (AvgIpc) is 2.94. The number of benzene rings is 2. The molecule has 0 spiro atoms. The van der Waals surface area contributed by atoms with Crippen LogP contribution in [0.2, 0.25) is 0 Å². The predicted molar refractivity (Wildman–Crippen MR) is 83.0 cm³/mol. The lowest BCUT2D eigenvalue weighted by molar-refractivity contribution is 0.0502. The molecule has 0 aromatic heterocycles. The quantitative estimate of drug-likeness (QED) is 0.941. The van der Waals surface area contributed by atoms with E-state index in [0.717, 1.165) is 11.5 Å². The van der Waals surface area contributed by atoms with Gasteiger partial charge in [-0.05, 0) is 43.3 Å². The van der Waals surface area contributed by atoms with Crippen LogP contribution in [0.15, 0.2) is 59.8 Å². The van der Waals surface area contributed by atoms with Crippen LogP contribution in [0.25, 0.3) is 0 Å². The van der Waals surface area contributed by atoms with Gasteiger partial charge in [0.1, 0.15) is 11.5 Å². The summed E-state index contributed by atoms with van der Waals surface area (Å²) < 4.78 is 5.69. The molecule has 3 rings (SSSR count). The largest absolute Gasteiger partial charge is 0.457 e. The first-order valence-electron chi connectivity index (χ1n) is 7.04. The molecule has 22 heavy (non-hydrogen) atoms. The summed E-state index contributed by atoms with van der Waals surface area (Å²) in [5.74, 6) is 1.24. The van der Waals surface area contributed by atoms with Crippen molar-refractivity contribution in [2.75, 3.05) is 0 Å². The summed E-state index contributed by atoms with van der Waals surface area (Å²) in [7, 11) is 0. The van der Waals surface area contributed by atoms with Crippen molar-refractivity contribution in [3.05, 3.63) is 60.2 Å². The van der Waals surface area contributed by atoms with Crippen LogP contribution < -0.4 is 10.1 Å². The van der Waals surface area contributed by atoms with Crippen LogP contribution in [0.4, 0.5) is 0 Å². The van der Waals surface area contributed by atoms with Crippen LogP contribution >= 0.6 is 0 Å². The summed E-state index contributed by atoms with van der Waals surface area (Å²) in [6.07, 6.45) is 0.230. The van der Waals surface area contributed by atoms with Crippen LogP contribution in [0.5, 0.6) is 11.5 Å². The molecule has 2 aromatic rings. The van der Waals surface area contributed by atoms with Gasteiger partial charge in [-0.2, -0.15) is 0 Å². The maximum atomic E-state index is 12.1. The van der Waals surface area contributed by atoms with E-state index in [9.17, 15) is 4.79 Å². The van der Waals surface area contributed by atoms with Gasteiger partial charge < -0.3 is 14.9 Å². The van der Waals surface area contributed by atoms with Crippen LogP contribution in [0.3, 0.4) is 0 Å². The van der Waals surface area contributed by atoms with Crippen LogP contribution in [0, 0.1) is 0 Å². The molecule has 5 nitrogen and oxygen atoms in total. The number of rotatable bonds is 4. The molecule has 0 radical (unpaired) electrons. The third-order valence-corrected chi connectivity index (χ3v) is 3.20. The minimum absolute atomic E-state index is 0.193. The van der Waals surface area contributed by atoms with Gasteiger partial charge in [-0.1, -0.05) is 23.4 Å². The Bertz CT molecular complexity index is 681. The van der Waals surface area contributed by atoms with Crippen molar-refractivity contribution in [1.82, 2.24) is 5.32 Å². The number of ether oxygens (including phenoxy) is 1. The summed E-state index contributed by atoms with van der Waals surface area (Å²) in [4.78, 5) is 17.2. The Morgan fingerprint density at radius 3 is 2.45 bits per heavy atom. The highest BCUT2D eigenvalue weighted by Gasteiger charge is 2.20. The maximum absolute atomic E-state index is 12.1. The first-order valence-corrected chi connectivity index (χ1v) is 7.04. The van der Waals surface area contributed by atoms with E-state index >= 15 is 0 Å². The molecule has 1 atom stereocenters. The van der Waals surface area contributed by atoms with E-state index in [4.69, 9.17) is 9.57 Å². The number of oxime groups is 1. The number of hydrogen-bond donors (Lipinski definition) is 1. The van der Waals surface area contributed by atoms with Crippen molar-refractivity contribution in [2.24, 2.45) is 5.16 Å². The standard InChI is InChI=1S/C17H16N2O3/c1-12-11-16(22-19-12)18-17(20)13-7-9-15(10-8-13)21-14-5-3-2-4-6-14/h2-10,16H,11H2,1H3,(H,18,20). The molecule has 5 heteroatoms. The van der Waals surface area contributed by atoms with Gasteiger partial charge in [0.25, 0.3) is 5.91 Å². The lowest BCUT2D eigenvalue weighted by Gasteiger charge is -2.11. The fourth-order valence-electron chi connectivity index (χ4n) is 2.10. The highest BCUT2D eigenvalue weighted by molar-refractivity contribution is 5.95. The third-order valence-electron chi connectivity index (χ3n) is 3.20. The van der Waals surface area contributed by atoms with E-state index in [2.05, 4.69) is 10.5 Å². The highest BCUT2D eigenvalue weighted by atomic mass is 16.7. The molecule has 0 aliphatic carbocycles. The Balaban J connectivity index is 1.60. The lowest BCUT2D eigenvalue weighted by atomic mass is 10.2. The normalized spacial score (nSPS) is 16.6. The van der Waals surface area contributed by atoms with Gasteiger partial charge >= 0.3 is 0 Å². The van der Waals surface area contributed by atoms with Gasteiger partial charge in [0, 0.05) is 12.0 Å². The second-order valence-electron chi connectivity index (χ2n) is 5.04. The zero-order valence-electron chi connectivity index (χ0n) is 12.2. The number of hydrogen-bond acceptors (Lipinski definition) is 4. The zero-order valence-corrected chi connectivity index (χ0v) is 12.2. The number of nitrogens with zero attached hydrogens (tertiary/aromatic N) is 1. The van der Waals surface area contributed by atoms with E-state index in [1.165, 1.54) is 0 Å². The van der Waals surface area contributed by atoms with E-state index < -0.39 is 0 Å². The Labute approximate surface area is 128 Å². The average molecular weight is 296 g/mol. The fraction of sp³-hybridized carbons (Fsp3) is 0.176. The Morgan fingerprint density at radius 2 is 1.82 bits per heavy atom. The van der Waals surface area contributed by atoms with Crippen LogP contribution in [-0.4, -0.2) is 17.8 Å². The molecule has 0 saturated carbocycles. The topological polar surface area (TPSA) is 59.9 Å². The molecule has 1 unspecified atom stereocenters. The van der Waals surface area contributed by atoms with Crippen molar-refractivity contribution < 1.29 is 14.4 Å². The van der Waals surface area contributed by atoms with Gasteiger partial charge in [-0.3, -0.25) is 4.79 Å². The van der Waals surface area contributed by atoms with Crippen molar-refractivity contribution >= 4 is 11.6 Å². The second kappa shape index (κ2) is 6.30. The molecule has 0 bridgehead atoms. The lowest BCUT2D eigenvalue weighted by Crippen LogP contribution is -2.34. The molecule has 0 saturated heterocycles. The van der Waals surface area contributed by atoms with Gasteiger partial charge in [-0.15, -0.1) is 0 Å². The molecule has 1 N–H and O–H groups in total. The minimum atomic E-state index is -0.382. The Kier molecular flexibility index (Phi) is 4.05. The van der Waals surface area contributed by atoms with Crippen molar-refractivity contribution in [2.45, 2.75) is 19.6 Å². The molecule has 0 fully saturated rings. The van der Waals surface area contributed by atoms with Crippen molar-refractivity contribution in [3.8, 4) is 11.5 Å². The Hall–Kier alpha value is -2.82.